The molecule has 0 bridgehead atoms. The second-order valence-electron chi connectivity index (χ2n) is 4.65. The first-order valence-corrected chi connectivity index (χ1v) is 6.60. The predicted octanol–water partition coefficient (Wildman–Crippen LogP) is 3.25. The van der Waals surface area contributed by atoms with Crippen LogP contribution in [0, 0.1) is 5.82 Å². The minimum Gasteiger partial charge on any atom is -0.496 e. The molecule has 0 spiro atoms. The van der Waals surface area contributed by atoms with Crippen LogP contribution in [0.2, 0.25) is 0 Å². The van der Waals surface area contributed by atoms with Gasteiger partial charge in [0.2, 0.25) is 5.82 Å². The second kappa shape index (κ2) is 5.88. The van der Waals surface area contributed by atoms with Crippen LogP contribution >= 0.6 is 0 Å². The number of ether oxygens (including phenoxy) is 1. The number of hydrogen-bond donors (Lipinski definition) is 1. The van der Waals surface area contributed by atoms with Crippen LogP contribution in [0.3, 0.4) is 0 Å². The molecule has 0 saturated heterocycles. The number of carboxylic acids is 1. The molecule has 116 valence electrons. The highest BCUT2D eigenvalue weighted by Crippen LogP contribution is 2.27. The number of carbonyl (C=O) groups is 1. The monoisotopic (exact) mass is 314 g/mol. The summed E-state index contributed by atoms with van der Waals surface area (Å²) in [6, 6.07) is 10.2. The number of hydrogen-bond acceptors (Lipinski definition) is 5. The Morgan fingerprint density at radius 2 is 1.87 bits per heavy atom. The van der Waals surface area contributed by atoms with E-state index in [1.165, 1.54) is 43.5 Å². The number of halogens is 1. The third-order valence-electron chi connectivity index (χ3n) is 3.21. The molecule has 0 atom stereocenters. The maximum atomic E-state index is 12.9. The zero-order valence-corrected chi connectivity index (χ0v) is 12.0. The van der Waals surface area contributed by atoms with Gasteiger partial charge in [0.05, 0.1) is 7.11 Å². The van der Waals surface area contributed by atoms with Crippen LogP contribution in [0.15, 0.2) is 47.0 Å². The lowest BCUT2D eigenvalue weighted by molar-refractivity contribution is 0.0693. The van der Waals surface area contributed by atoms with Crippen molar-refractivity contribution in [2.75, 3.05) is 7.11 Å². The van der Waals surface area contributed by atoms with Crippen molar-refractivity contribution >= 4 is 5.97 Å². The highest BCUT2D eigenvalue weighted by atomic mass is 19.1. The Labute approximate surface area is 130 Å². The second-order valence-corrected chi connectivity index (χ2v) is 4.65. The maximum Gasteiger partial charge on any atom is 0.339 e. The Hall–Kier alpha value is -3.22. The fourth-order valence-electron chi connectivity index (χ4n) is 2.06. The van der Waals surface area contributed by atoms with E-state index < -0.39 is 5.97 Å². The lowest BCUT2D eigenvalue weighted by Gasteiger charge is -2.05. The first-order chi connectivity index (χ1) is 11.1. The lowest BCUT2D eigenvalue weighted by atomic mass is 10.1. The van der Waals surface area contributed by atoms with Gasteiger partial charge in [-0.05, 0) is 42.5 Å². The van der Waals surface area contributed by atoms with E-state index >= 15 is 0 Å². The largest absolute Gasteiger partial charge is 0.496 e. The topological polar surface area (TPSA) is 85.5 Å². The normalized spacial score (nSPS) is 10.5. The van der Waals surface area contributed by atoms with Gasteiger partial charge >= 0.3 is 5.97 Å². The number of nitrogens with zero attached hydrogens (tertiary/aromatic N) is 2. The van der Waals surface area contributed by atoms with Gasteiger partial charge in [0.1, 0.15) is 17.1 Å². The molecule has 0 fully saturated rings. The van der Waals surface area contributed by atoms with Gasteiger partial charge in [0.25, 0.3) is 5.89 Å². The summed E-state index contributed by atoms with van der Waals surface area (Å²) >= 11 is 0. The molecule has 7 heteroatoms. The van der Waals surface area contributed by atoms with Crippen LogP contribution in [0.25, 0.3) is 22.8 Å². The highest BCUT2D eigenvalue weighted by Gasteiger charge is 2.16. The molecule has 6 nitrogen and oxygen atoms in total. The Bertz CT molecular complexity index is 859. The average molecular weight is 314 g/mol. The molecule has 0 amide bonds. The van der Waals surface area contributed by atoms with E-state index in [4.69, 9.17) is 9.26 Å². The molecule has 0 aliphatic heterocycles. The van der Waals surface area contributed by atoms with Crippen LogP contribution in [-0.4, -0.2) is 28.3 Å². The average Bonchev–Trinajstić information content (AvgIpc) is 3.04. The SMILES string of the molecule is COc1ccc(-c2noc(-c3ccc(F)cc3)n2)cc1C(=O)O. The van der Waals surface area contributed by atoms with Gasteiger partial charge in [-0.3, -0.25) is 0 Å². The fraction of sp³-hybridized carbons (Fsp3) is 0.0625. The molecule has 0 saturated carbocycles. The summed E-state index contributed by atoms with van der Waals surface area (Å²) in [6.45, 7) is 0. The fourth-order valence-corrected chi connectivity index (χ4v) is 2.06. The van der Waals surface area contributed by atoms with E-state index in [9.17, 15) is 14.3 Å². The molecule has 1 heterocycles. The molecule has 23 heavy (non-hydrogen) atoms. The van der Waals surface area contributed by atoms with Gasteiger partial charge in [-0.2, -0.15) is 4.98 Å². The quantitative estimate of drug-likeness (QED) is 0.795. The predicted molar refractivity (Wildman–Crippen MR) is 78.6 cm³/mol. The number of benzene rings is 2. The third kappa shape index (κ3) is 2.89. The minimum absolute atomic E-state index is 0.00173. The van der Waals surface area contributed by atoms with Crippen molar-refractivity contribution in [1.82, 2.24) is 10.1 Å². The Kier molecular flexibility index (Phi) is 3.76. The van der Waals surface area contributed by atoms with Crippen molar-refractivity contribution < 1.29 is 23.6 Å². The number of aromatic carboxylic acids is 1. The zero-order valence-electron chi connectivity index (χ0n) is 12.0. The molecule has 2 aromatic carbocycles. The van der Waals surface area contributed by atoms with Crippen LogP contribution < -0.4 is 4.74 Å². The Morgan fingerprint density at radius 1 is 1.17 bits per heavy atom. The molecule has 1 N–H and O–H groups in total. The molecule has 1 aromatic heterocycles. The molecule has 0 aliphatic carbocycles. The van der Waals surface area contributed by atoms with Gasteiger partial charge in [0.15, 0.2) is 0 Å². The van der Waals surface area contributed by atoms with Gasteiger partial charge < -0.3 is 14.4 Å². The smallest absolute Gasteiger partial charge is 0.339 e. The Balaban J connectivity index is 1.98. The summed E-state index contributed by atoms with van der Waals surface area (Å²) in [7, 11) is 1.39. The van der Waals surface area contributed by atoms with Crippen molar-refractivity contribution in [3.8, 4) is 28.6 Å². The molecular formula is C16H11FN2O4. The maximum absolute atomic E-state index is 12.9. The number of carboxylic acid groups (broad SMARTS) is 1. The minimum atomic E-state index is -1.12. The Morgan fingerprint density at radius 3 is 2.52 bits per heavy atom. The molecule has 0 unspecified atom stereocenters. The lowest BCUT2D eigenvalue weighted by Crippen LogP contribution is -2.00. The van der Waals surface area contributed by atoms with Crippen molar-refractivity contribution in [1.29, 1.82) is 0 Å². The van der Waals surface area contributed by atoms with Crippen LogP contribution in [0.4, 0.5) is 4.39 Å². The molecule has 0 radical (unpaired) electrons. The summed E-state index contributed by atoms with van der Waals surface area (Å²) in [5.74, 6) is -0.800. The van der Waals surface area contributed by atoms with Gasteiger partial charge in [-0.15, -0.1) is 0 Å². The van der Waals surface area contributed by atoms with Crippen LogP contribution in [0.5, 0.6) is 5.75 Å². The number of aromatic nitrogens is 2. The standard InChI is InChI=1S/C16H11FN2O4/c1-22-13-7-4-10(8-12(13)16(20)21)14-18-15(23-19-14)9-2-5-11(17)6-3-9/h2-8H,1H3,(H,20,21). The highest BCUT2D eigenvalue weighted by molar-refractivity contribution is 5.92. The summed E-state index contributed by atoms with van der Waals surface area (Å²) in [4.78, 5) is 15.4. The van der Waals surface area contributed by atoms with E-state index in [2.05, 4.69) is 10.1 Å². The number of rotatable bonds is 4. The van der Waals surface area contributed by atoms with Gasteiger partial charge in [-0.1, -0.05) is 5.16 Å². The molecule has 3 aromatic rings. The van der Waals surface area contributed by atoms with E-state index in [0.29, 0.717) is 11.1 Å². The van der Waals surface area contributed by atoms with Crippen LogP contribution in [-0.2, 0) is 0 Å². The third-order valence-corrected chi connectivity index (χ3v) is 3.21. The van der Waals surface area contributed by atoms with E-state index in [1.54, 1.807) is 6.07 Å². The molecular weight excluding hydrogens is 303 g/mol. The van der Waals surface area contributed by atoms with Crippen molar-refractivity contribution in [2.45, 2.75) is 0 Å². The van der Waals surface area contributed by atoms with Crippen molar-refractivity contribution in [3.63, 3.8) is 0 Å². The van der Waals surface area contributed by atoms with E-state index in [1.807, 2.05) is 0 Å². The van der Waals surface area contributed by atoms with Crippen LogP contribution in [0.1, 0.15) is 10.4 Å². The molecule has 3 rings (SSSR count). The summed E-state index contributed by atoms with van der Waals surface area (Å²) in [6.07, 6.45) is 0. The summed E-state index contributed by atoms with van der Waals surface area (Å²) < 4.78 is 23.1. The summed E-state index contributed by atoms with van der Waals surface area (Å²) in [5, 5.41) is 13.0. The molecule has 0 aliphatic rings. The van der Waals surface area contributed by atoms with E-state index in [-0.39, 0.29) is 28.8 Å². The van der Waals surface area contributed by atoms with Gasteiger partial charge in [0, 0.05) is 11.1 Å². The first kappa shape index (κ1) is 14.7. The number of methoxy groups -OCH3 is 1. The van der Waals surface area contributed by atoms with Crippen molar-refractivity contribution in [3.05, 3.63) is 53.8 Å². The van der Waals surface area contributed by atoms with Crippen molar-refractivity contribution in [2.24, 2.45) is 0 Å². The van der Waals surface area contributed by atoms with E-state index in [0.717, 1.165) is 0 Å². The zero-order chi connectivity index (χ0) is 16.4. The van der Waals surface area contributed by atoms with Gasteiger partial charge in [-0.25, -0.2) is 9.18 Å². The summed E-state index contributed by atoms with van der Waals surface area (Å²) in [5.41, 5.74) is 1.04. The first-order valence-electron chi connectivity index (χ1n) is 6.60.